The van der Waals surface area contributed by atoms with E-state index in [0.29, 0.717) is 0 Å². The van der Waals surface area contributed by atoms with Gasteiger partial charge in [0, 0.05) is 12.6 Å². The quantitative estimate of drug-likeness (QED) is 0.904. The molecular formula is C12H13ClN2S. The molecular weight excluding hydrogens is 240 g/mol. The summed E-state index contributed by atoms with van der Waals surface area (Å²) >= 11 is 7.91. The van der Waals surface area contributed by atoms with Crippen LogP contribution in [-0.2, 0) is 6.54 Å². The number of nitrogens with zero attached hydrogens (tertiary/aromatic N) is 1. The molecule has 0 unspecified atom stereocenters. The highest BCUT2D eigenvalue weighted by Crippen LogP contribution is 2.30. The maximum absolute atomic E-state index is 6.17. The molecule has 1 aliphatic carbocycles. The first-order valence-corrected chi connectivity index (χ1v) is 6.71. The molecule has 1 aromatic carbocycles. The zero-order valence-electron chi connectivity index (χ0n) is 9.09. The Morgan fingerprint density at radius 2 is 2.31 bits per heavy atom. The SMILES string of the molecule is Cc1cc(Cl)c2nc(CNC3CC3)sc2c1. The fourth-order valence-electron chi connectivity index (χ4n) is 1.76. The number of benzene rings is 1. The highest BCUT2D eigenvalue weighted by atomic mass is 35.5. The van der Waals surface area contributed by atoms with Crippen LogP contribution >= 0.6 is 22.9 Å². The molecule has 0 aliphatic heterocycles. The highest BCUT2D eigenvalue weighted by Gasteiger charge is 2.20. The van der Waals surface area contributed by atoms with Crippen LogP contribution in [0.3, 0.4) is 0 Å². The van der Waals surface area contributed by atoms with E-state index in [0.717, 1.165) is 28.1 Å². The Labute approximate surface area is 104 Å². The van der Waals surface area contributed by atoms with Crippen molar-refractivity contribution in [1.82, 2.24) is 10.3 Å². The Kier molecular flexibility index (Phi) is 2.62. The van der Waals surface area contributed by atoms with Gasteiger partial charge in [-0.15, -0.1) is 11.3 Å². The molecule has 16 heavy (non-hydrogen) atoms. The molecule has 1 saturated carbocycles. The average molecular weight is 253 g/mol. The fraction of sp³-hybridized carbons (Fsp3) is 0.417. The van der Waals surface area contributed by atoms with E-state index in [4.69, 9.17) is 11.6 Å². The van der Waals surface area contributed by atoms with Crippen LogP contribution in [0, 0.1) is 6.92 Å². The van der Waals surface area contributed by atoms with Crippen molar-refractivity contribution in [2.24, 2.45) is 0 Å². The monoisotopic (exact) mass is 252 g/mol. The van der Waals surface area contributed by atoms with Gasteiger partial charge in [-0.2, -0.15) is 0 Å². The normalized spacial score (nSPS) is 15.9. The lowest BCUT2D eigenvalue weighted by molar-refractivity contribution is 0.685. The van der Waals surface area contributed by atoms with Gasteiger partial charge >= 0.3 is 0 Å². The highest BCUT2D eigenvalue weighted by molar-refractivity contribution is 7.18. The molecule has 2 nitrogen and oxygen atoms in total. The fourth-order valence-corrected chi connectivity index (χ4v) is 3.17. The molecule has 0 atom stereocenters. The van der Waals surface area contributed by atoms with Crippen LogP contribution < -0.4 is 5.32 Å². The Hall–Kier alpha value is -0.640. The van der Waals surface area contributed by atoms with Crippen molar-refractivity contribution in [2.45, 2.75) is 32.4 Å². The summed E-state index contributed by atoms with van der Waals surface area (Å²) in [6.45, 7) is 2.94. The number of hydrogen-bond acceptors (Lipinski definition) is 3. The summed E-state index contributed by atoms with van der Waals surface area (Å²) in [6, 6.07) is 4.85. The molecule has 1 heterocycles. The lowest BCUT2D eigenvalue weighted by Crippen LogP contribution is -2.14. The third-order valence-electron chi connectivity index (χ3n) is 2.76. The van der Waals surface area contributed by atoms with Gasteiger partial charge in [0.05, 0.1) is 9.72 Å². The van der Waals surface area contributed by atoms with Crippen LogP contribution in [0.5, 0.6) is 0 Å². The van der Waals surface area contributed by atoms with Gasteiger partial charge in [-0.3, -0.25) is 0 Å². The lowest BCUT2D eigenvalue weighted by atomic mass is 10.2. The maximum atomic E-state index is 6.17. The molecule has 1 N–H and O–H groups in total. The van der Waals surface area contributed by atoms with Crippen molar-refractivity contribution in [3.63, 3.8) is 0 Å². The van der Waals surface area contributed by atoms with E-state index in [1.165, 1.54) is 23.1 Å². The van der Waals surface area contributed by atoms with Crippen LogP contribution in [0.1, 0.15) is 23.4 Å². The van der Waals surface area contributed by atoms with Crippen LogP contribution in [0.4, 0.5) is 0 Å². The predicted molar refractivity (Wildman–Crippen MR) is 69.2 cm³/mol. The van der Waals surface area contributed by atoms with E-state index in [-0.39, 0.29) is 0 Å². The summed E-state index contributed by atoms with van der Waals surface area (Å²) < 4.78 is 1.19. The summed E-state index contributed by atoms with van der Waals surface area (Å²) in [6.07, 6.45) is 2.62. The summed E-state index contributed by atoms with van der Waals surface area (Å²) in [5.41, 5.74) is 2.15. The number of aryl methyl sites for hydroxylation is 1. The summed E-state index contributed by atoms with van der Waals surface area (Å²) in [7, 11) is 0. The van der Waals surface area contributed by atoms with Crippen molar-refractivity contribution < 1.29 is 0 Å². The van der Waals surface area contributed by atoms with Gasteiger partial charge in [0.25, 0.3) is 0 Å². The number of aromatic nitrogens is 1. The van der Waals surface area contributed by atoms with E-state index in [9.17, 15) is 0 Å². The van der Waals surface area contributed by atoms with Crippen LogP contribution in [0.25, 0.3) is 10.2 Å². The van der Waals surface area contributed by atoms with Crippen molar-refractivity contribution in [2.75, 3.05) is 0 Å². The van der Waals surface area contributed by atoms with Crippen LogP contribution in [0.2, 0.25) is 5.02 Å². The Balaban J connectivity index is 1.91. The Bertz CT molecular complexity index is 531. The molecule has 3 rings (SSSR count). The van der Waals surface area contributed by atoms with E-state index in [1.54, 1.807) is 11.3 Å². The third kappa shape index (κ3) is 2.08. The van der Waals surface area contributed by atoms with E-state index >= 15 is 0 Å². The minimum absolute atomic E-state index is 0.726. The van der Waals surface area contributed by atoms with Gasteiger partial charge in [0.1, 0.15) is 10.5 Å². The van der Waals surface area contributed by atoms with E-state index in [1.807, 2.05) is 6.07 Å². The second kappa shape index (κ2) is 3.99. The van der Waals surface area contributed by atoms with Crippen molar-refractivity contribution >= 4 is 33.2 Å². The van der Waals surface area contributed by atoms with Gasteiger partial charge in [-0.1, -0.05) is 11.6 Å². The zero-order valence-corrected chi connectivity index (χ0v) is 10.7. The van der Waals surface area contributed by atoms with Crippen molar-refractivity contribution in [1.29, 1.82) is 0 Å². The molecule has 0 spiro atoms. The summed E-state index contributed by atoms with van der Waals surface area (Å²) in [4.78, 5) is 4.58. The Morgan fingerprint density at radius 1 is 1.50 bits per heavy atom. The third-order valence-corrected chi connectivity index (χ3v) is 4.05. The molecule has 0 radical (unpaired) electrons. The smallest absolute Gasteiger partial charge is 0.108 e. The topological polar surface area (TPSA) is 24.9 Å². The minimum Gasteiger partial charge on any atom is -0.308 e. The van der Waals surface area contributed by atoms with E-state index in [2.05, 4.69) is 23.3 Å². The van der Waals surface area contributed by atoms with Crippen LogP contribution in [0.15, 0.2) is 12.1 Å². The van der Waals surface area contributed by atoms with Crippen molar-refractivity contribution in [3.05, 3.63) is 27.7 Å². The molecule has 1 aliphatic rings. The Morgan fingerprint density at radius 3 is 3.06 bits per heavy atom. The number of halogens is 1. The molecule has 0 saturated heterocycles. The number of hydrogen-bond donors (Lipinski definition) is 1. The largest absolute Gasteiger partial charge is 0.308 e. The lowest BCUT2D eigenvalue weighted by Gasteiger charge is -1.96. The zero-order chi connectivity index (χ0) is 11.1. The predicted octanol–water partition coefficient (Wildman–Crippen LogP) is 3.51. The molecule has 0 amide bonds. The standard InChI is InChI=1S/C12H13ClN2S/c1-7-4-9(13)12-10(5-7)16-11(15-12)6-14-8-2-3-8/h4-5,8,14H,2-3,6H2,1H3. The second-order valence-electron chi connectivity index (χ2n) is 4.36. The van der Waals surface area contributed by atoms with Gasteiger partial charge in [0.2, 0.25) is 0 Å². The summed E-state index contributed by atoms with van der Waals surface area (Å²) in [5.74, 6) is 0. The first-order chi connectivity index (χ1) is 7.72. The number of rotatable bonds is 3. The van der Waals surface area contributed by atoms with Gasteiger partial charge in [-0.05, 0) is 37.5 Å². The van der Waals surface area contributed by atoms with Gasteiger partial charge in [0.15, 0.2) is 0 Å². The molecule has 1 fully saturated rings. The van der Waals surface area contributed by atoms with Gasteiger partial charge < -0.3 is 5.32 Å². The number of fused-ring (bicyclic) bond motifs is 1. The van der Waals surface area contributed by atoms with Crippen molar-refractivity contribution in [3.8, 4) is 0 Å². The first-order valence-electron chi connectivity index (χ1n) is 5.51. The number of thiazole rings is 1. The molecule has 84 valence electrons. The first kappa shape index (κ1) is 10.5. The van der Waals surface area contributed by atoms with Gasteiger partial charge in [-0.25, -0.2) is 4.98 Å². The molecule has 4 heteroatoms. The maximum Gasteiger partial charge on any atom is 0.108 e. The molecule has 2 aromatic rings. The minimum atomic E-state index is 0.726. The average Bonchev–Trinajstić information content (AvgIpc) is 2.96. The van der Waals surface area contributed by atoms with Crippen LogP contribution in [-0.4, -0.2) is 11.0 Å². The molecule has 0 bridgehead atoms. The second-order valence-corrected chi connectivity index (χ2v) is 5.88. The summed E-state index contributed by atoms with van der Waals surface area (Å²) in [5, 5.41) is 5.37. The molecule has 1 aromatic heterocycles. The van der Waals surface area contributed by atoms with E-state index < -0.39 is 0 Å². The number of nitrogens with one attached hydrogen (secondary N) is 1.